The van der Waals surface area contributed by atoms with Crippen LogP contribution in [0.15, 0.2) is 0 Å². The molecule has 5 nitrogen and oxygen atoms in total. The van der Waals surface area contributed by atoms with Crippen molar-refractivity contribution in [1.82, 2.24) is 9.80 Å². The molecule has 0 unspecified atom stereocenters. The van der Waals surface area contributed by atoms with E-state index in [-0.39, 0.29) is 0 Å². The van der Waals surface area contributed by atoms with Crippen molar-refractivity contribution in [3.8, 4) is 0 Å². The van der Waals surface area contributed by atoms with Gasteiger partial charge in [-0.2, -0.15) is 0 Å². The van der Waals surface area contributed by atoms with Gasteiger partial charge in [-0.15, -0.1) is 0 Å². The summed E-state index contributed by atoms with van der Waals surface area (Å²) in [7, 11) is 0. The number of hydrogen-bond donors (Lipinski definition) is 2. The molecule has 5 heteroatoms. The van der Waals surface area contributed by atoms with Gasteiger partial charge < -0.3 is 15.1 Å². The molecular weight excluding hydrogens is 208 g/mol. The zero-order valence-electron chi connectivity index (χ0n) is 10.1. The lowest BCUT2D eigenvalue weighted by Gasteiger charge is -2.38. The Balaban J connectivity index is 2.40. The molecule has 1 rings (SSSR count). The average Bonchev–Trinajstić information content (AvgIpc) is 2.29. The van der Waals surface area contributed by atoms with Crippen LogP contribution in [0.2, 0.25) is 0 Å². The van der Waals surface area contributed by atoms with Gasteiger partial charge in [0.05, 0.1) is 5.60 Å². The van der Waals surface area contributed by atoms with Crippen LogP contribution in [-0.4, -0.2) is 64.4 Å². The summed E-state index contributed by atoms with van der Waals surface area (Å²) < 4.78 is 0. The number of β-amino-alcohol motifs (C(OH)–C–C–N with tert-alkyl or cyclic N) is 1. The first-order valence-electron chi connectivity index (χ1n) is 5.93. The average molecular weight is 230 g/mol. The van der Waals surface area contributed by atoms with E-state index in [0.717, 1.165) is 12.8 Å². The van der Waals surface area contributed by atoms with Crippen molar-refractivity contribution in [2.75, 3.05) is 32.7 Å². The molecule has 16 heavy (non-hydrogen) atoms. The lowest BCUT2D eigenvalue weighted by atomic mass is 9.96. The molecule has 0 aromatic heterocycles. The van der Waals surface area contributed by atoms with Gasteiger partial charge in [0.25, 0.3) is 0 Å². The monoisotopic (exact) mass is 230 g/mol. The molecule has 1 amide bonds. The van der Waals surface area contributed by atoms with Crippen LogP contribution in [0.4, 0.5) is 4.79 Å². The highest BCUT2D eigenvalue weighted by Crippen LogP contribution is 2.17. The second kappa shape index (κ2) is 5.50. The Morgan fingerprint density at radius 1 is 1.19 bits per heavy atom. The van der Waals surface area contributed by atoms with E-state index in [1.807, 2.05) is 13.8 Å². The van der Waals surface area contributed by atoms with Gasteiger partial charge >= 0.3 is 6.09 Å². The quantitative estimate of drug-likeness (QED) is 0.751. The van der Waals surface area contributed by atoms with Crippen molar-refractivity contribution in [3.05, 3.63) is 0 Å². The standard InChI is InChI=1S/C11H22N2O3/c1-3-11(16,4-2)9-12-5-7-13(8-6-12)10(14)15/h16H,3-9H2,1-2H3,(H,14,15). The first kappa shape index (κ1) is 13.3. The van der Waals surface area contributed by atoms with Crippen molar-refractivity contribution >= 4 is 6.09 Å². The molecular formula is C11H22N2O3. The maximum Gasteiger partial charge on any atom is 0.407 e. The summed E-state index contributed by atoms with van der Waals surface area (Å²) >= 11 is 0. The molecule has 0 radical (unpaired) electrons. The molecule has 1 saturated heterocycles. The van der Waals surface area contributed by atoms with Gasteiger partial charge in [-0.25, -0.2) is 4.79 Å². The molecule has 0 bridgehead atoms. The van der Waals surface area contributed by atoms with E-state index < -0.39 is 11.7 Å². The third-order valence-corrected chi connectivity index (χ3v) is 3.48. The van der Waals surface area contributed by atoms with E-state index in [9.17, 15) is 9.90 Å². The number of amides is 1. The van der Waals surface area contributed by atoms with Crippen LogP contribution in [0.5, 0.6) is 0 Å². The number of carboxylic acid groups (broad SMARTS) is 1. The Hall–Kier alpha value is -0.810. The van der Waals surface area contributed by atoms with E-state index in [1.165, 1.54) is 4.90 Å². The number of aliphatic hydroxyl groups is 1. The fourth-order valence-electron chi connectivity index (χ4n) is 1.99. The number of rotatable bonds is 4. The lowest BCUT2D eigenvalue weighted by Crippen LogP contribution is -2.52. The Bertz CT molecular complexity index is 233. The number of carbonyl (C=O) groups is 1. The SMILES string of the molecule is CCC(O)(CC)CN1CCN(C(=O)O)CC1. The minimum absolute atomic E-state index is 0.541. The van der Waals surface area contributed by atoms with Crippen LogP contribution in [-0.2, 0) is 0 Å². The van der Waals surface area contributed by atoms with Gasteiger partial charge in [0.2, 0.25) is 0 Å². The Morgan fingerprint density at radius 2 is 1.69 bits per heavy atom. The van der Waals surface area contributed by atoms with Gasteiger partial charge in [-0.1, -0.05) is 13.8 Å². The molecule has 0 atom stereocenters. The molecule has 1 aliphatic heterocycles. The Kier molecular flexibility index (Phi) is 4.56. The zero-order valence-corrected chi connectivity index (χ0v) is 10.1. The van der Waals surface area contributed by atoms with Crippen LogP contribution in [0.1, 0.15) is 26.7 Å². The molecule has 0 saturated carbocycles. The van der Waals surface area contributed by atoms with Crippen molar-refractivity contribution in [2.24, 2.45) is 0 Å². The van der Waals surface area contributed by atoms with Crippen LogP contribution in [0.25, 0.3) is 0 Å². The number of hydrogen-bond acceptors (Lipinski definition) is 3. The molecule has 1 aliphatic rings. The first-order chi connectivity index (χ1) is 7.50. The van der Waals surface area contributed by atoms with E-state index in [1.54, 1.807) is 0 Å². The Labute approximate surface area is 96.7 Å². The smallest absolute Gasteiger partial charge is 0.407 e. The Morgan fingerprint density at radius 3 is 2.06 bits per heavy atom. The minimum Gasteiger partial charge on any atom is -0.465 e. The molecule has 0 aromatic rings. The maximum atomic E-state index is 10.7. The fraction of sp³-hybridized carbons (Fsp3) is 0.909. The van der Waals surface area contributed by atoms with Gasteiger partial charge in [-0.05, 0) is 12.8 Å². The second-order valence-electron chi connectivity index (χ2n) is 4.48. The minimum atomic E-state index is -0.846. The van der Waals surface area contributed by atoms with Crippen LogP contribution in [0.3, 0.4) is 0 Å². The normalized spacial score (nSPS) is 18.8. The maximum absolute atomic E-state index is 10.7. The molecule has 1 fully saturated rings. The third-order valence-electron chi connectivity index (χ3n) is 3.48. The summed E-state index contributed by atoms with van der Waals surface area (Å²) in [5.41, 5.74) is -0.620. The van der Waals surface area contributed by atoms with E-state index >= 15 is 0 Å². The molecule has 0 aliphatic carbocycles. The summed E-state index contributed by atoms with van der Waals surface area (Å²) in [5.74, 6) is 0. The zero-order chi connectivity index (χ0) is 12.2. The summed E-state index contributed by atoms with van der Waals surface area (Å²) in [6.45, 7) is 7.13. The first-order valence-corrected chi connectivity index (χ1v) is 5.93. The molecule has 0 spiro atoms. The van der Waals surface area contributed by atoms with E-state index in [2.05, 4.69) is 4.90 Å². The third kappa shape index (κ3) is 3.35. The van der Waals surface area contributed by atoms with Gasteiger partial charge in [0.1, 0.15) is 0 Å². The number of piperazine rings is 1. The summed E-state index contributed by atoms with van der Waals surface area (Å²) in [4.78, 5) is 14.3. The predicted octanol–water partition coefficient (Wildman–Crippen LogP) is 0.833. The molecule has 0 aromatic carbocycles. The van der Waals surface area contributed by atoms with Gasteiger partial charge in [0, 0.05) is 32.7 Å². The highest BCUT2D eigenvalue weighted by Gasteiger charge is 2.28. The lowest BCUT2D eigenvalue weighted by molar-refractivity contribution is -0.0139. The molecule has 2 N–H and O–H groups in total. The van der Waals surface area contributed by atoms with Crippen LogP contribution >= 0.6 is 0 Å². The second-order valence-corrected chi connectivity index (χ2v) is 4.48. The van der Waals surface area contributed by atoms with E-state index in [0.29, 0.717) is 32.7 Å². The van der Waals surface area contributed by atoms with Crippen molar-refractivity contribution < 1.29 is 15.0 Å². The molecule has 94 valence electrons. The van der Waals surface area contributed by atoms with Crippen molar-refractivity contribution in [1.29, 1.82) is 0 Å². The summed E-state index contributed by atoms with van der Waals surface area (Å²) in [6.07, 6.45) is 0.631. The van der Waals surface area contributed by atoms with Crippen molar-refractivity contribution in [2.45, 2.75) is 32.3 Å². The fourth-order valence-corrected chi connectivity index (χ4v) is 1.99. The van der Waals surface area contributed by atoms with Crippen molar-refractivity contribution in [3.63, 3.8) is 0 Å². The number of nitrogens with zero attached hydrogens (tertiary/aromatic N) is 2. The van der Waals surface area contributed by atoms with Gasteiger partial charge in [0.15, 0.2) is 0 Å². The van der Waals surface area contributed by atoms with E-state index in [4.69, 9.17) is 5.11 Å². The predicted molar refractivity (Wildman–Crippen MR) is 61.6 cm³/mol. The summed E-state index contributed by atoms with van der Waals surface area (Å²) in [5, 5.41) is 19.0. The van der Waals surface area contributed by atoms with Gasteiger partial charge in [-0.3, -0.25) is 4.90 Å². The van der Waals surface area contributed by atoms with Crippen LogP contribution in [0, 0.1) is 0 Å². The van der Waals surface area contributed by atoms with Crippen LogP contribution < -0.4 is 0 Å². The largest absolute Gasteiger partial charge is 0.465 e. The highest BCUT2D eigenvalue weighted by molar-refractivity contribution is 5.65. The molecule has 1 heterocycles. The highest BCUT2D eigenvalue weighted by atomic mass is 16.4. The summed E-state index contributed by atoms with van der Waals surface area (Å²) in [6, 6.07) is 0. The topological polar surface area (TPSA) is 64.0 Å².